The number of aromatic nitrogens is 3. The highest BCUT2D eigenvalue weighted by Crippen LogP contribution is 2.23. The van der Waals surface area contributed by atoms with Crippen molar-refractivity contribution in [3.63, 3.8) is 0 Å². The predicted octanol–water partition coefficient (Wildman–Crippen LogP) is 4.27. The van der Waals surface area contributed by atoms with E-state index in [1.807, 2.05) is 47.3 Å². The molecule has 0 saturated heterocycles. The maximum absolute atomic E-state index is 5.95. The highest BCUT2D eigenvalue weighted by atomic mass is 35.5. The molecule has 1 aromatic carbocycles. The summed E-state index contributed by atoms with van der Waals surface area (Å²) in [5.74, 6) is 0.550. The van der Waals surface area contributed by atoms with Gasteiger partial charge in [0.15, 0.2) is 0 Å². The van der Waals surface area contributed by atoms with Crippen LogP contribution in [0.3, 0.4) is 0 Å². The summed E-state index contributed by atoms with van der Waals surface area (Å²) in [5.41, 5.74) is 4.06. The molecule has 0 unspecified atom stereocenters. The van der Waals surface area contributed by atoms with E-state index in [0.717, 1.165) is 33.9 Å². The molecule has 0 aliphatic carbocycles. The molecule has 0 amide bonds. The van der Waals surface area contributed by atoms with Crippen molar-refractivity contribution in [2.24, 2.45) is 5.92 Å². The molecule has 0 atom stereocenters. The standard InChI is InChI=1S/C16H16ClN3/c1-11(2)10-14-16-15(4-3-9-18-16)20(19-14)13-7-5-12(17)6-8-13/h3-9,11H,10H2,1-2H3. The lowest BCUT2D eigenvalue weighted by Gasteiger charge is -2.03. The van der Waals surface area contributed by atoms with E-state index in [0.29, 0.717) is 5.92 Å². The Hall–Kier alpha value is -1.87. The summed E-state index contributed by atoms with van der Waals surface area (Å²) in [6, 6.07) is 11.7. The third-order valence-corrected chi connectivity index (χ3v) is 3.43. The fourth-order valence-electron chi connectivity index (χ4n) is 2.32. The molecule has 0 aliphatic heterocycles. The van der Waals surface area contributed by atoms with Crippen LogP contribution < -0.4 is 0 Å². The first-order valence-corrected chi connectivity index (χ1v) is 7.11. The summed E-state index contributed by atoms with van der Waals surface area (Å²) >= 11 is 5.95. The zero-order valence-electron chi connectivity index (χ0n) is 11.5. The largest absolute Gasteiger partial charge is 0.253 e. The molecule has 0 N–H and O–H groups in total. The van der Waals surface area contributed by atoms with Crippen molar-refractivity contribution in [2.75, 3.05) is 0 Å². The summed E-state index contributed by atoms with van der Waals surface area (Å²) in [7, 11) is 0. The second-order valence-electron chi connectivity index (χ2n) is 5.30. The Kier molecular flexibility index (Phi) is 3.45. The van der Waals surface area contributed by atoms with Crippen molar-refractivity contribution in [3.8, 4) is 5.69 Å². The zero-order chi connectivity index (χ0) is 14.1. The minimum absolute atomic E-state index is 0.550. The molecule has 20 heavy (non-hydrogen) atoms. The van der Waals surface area contributed by atoms with Crippen molar-refractivity contribution in [1.82, 2.24) is 14.8 Å². The number of pyridine rings is 1. The van der Waals surface area contributed by atoms with Crippen LogP contribution in [0.25, 0.3) is 16.7 Å². The molecule has 102 valence electrons. The van der Waals surface area contributed by atoms with E-state index >= 15 is 0 Å². The molecule has 0 spiro atoms. The van der Waals surface area contributed by atoms with Crippen molar-refractivity contribution in [2.45, 2.75) is 20.3 Å². The molecular weight excluding hydrogens is 270 g/mol. The summed E-state index contributed by atoms with van der Waals surface area (Å²) in [5, 5.41) is 5.47. The molecule has 3 aromatic rings. The highest BCUT2D eigenvalue weighted by molar-refractivity contribution is 6.30. The first kappa shape index (κ1) is 13.1. The maximum atomic E-state index is 5.95. The summed E-state index contributed by atoms with van der Waals surface area (Å²) in [6.45, 7) is 4.38. The molecule has 3 rings (SSSR count). The number of hydrogen-bond donors (Lipinski definition) is 0. The normalized spacial score (nSPS) is 11.4. The Morgan fingerprint density at radius 3 is 2.60 bits per heavy atom. The lowest BCUT2D eigenvalue weighted by atomic mass is 10.1. The Morgan fingerprint density at radius 2 is 1.90 bits per heavy atom. The van der Waals surface area contributed by atoms with E-state index in [1.54, 1.807) is 0 Å². The van der Waals surface area contributed by atoms with Crippen LogP contribution in [0.5, 0.6) is 0 Å². The Morgan fingerprint density at radius 1 is 1.15 bits per heavy atom. The van der Waals surface area contributed by atoms with Crippen LogP contribution in [0.1, 0.15) is 19.5 Å². The van der Waals surface area contributed by atoms with Crippen LogP contribution in [0, 0.1) is 5.92 Å². The first-order chi connectivity index (χ1) is 9.65. The quantitative estimate of drug-likeness (QED) is 0.719. The topological polar surface area (TPSA) is 30.7 Å². The van der Waals surface area contributed by atoms with Crippen molar-refractivity contribution < 1.29 is 0 Å². The van der Waals surface area contributed by atoms with Crippen LogP contribution >= 0.6 is 11.6 Å². The molecule has 2 heterocycles. The molecule has 0 fully saturated rings. The minimum Gasteiger partial charge on any atom is -0.253 e. The predicted molar refractivity (Wildman–Crippen MR) is 82.4 cm³/mol. The van der Waals surface area contributed by atoms with E-state index in [-0.39, 0.29) is 0 Å². The van der Waals surface area contributed by atoms with Crippen molar-refractivity contribution in [3.05, 3.63) is 53.3 Å². The van der Waals surface area contributed by atoms with Crippen LogP contribution in [0.2, 0.25) is 5.02 Å². The molecule has 0 aliphatic rings. The summed E-state index contributed by atoms with van der Waals surface area (Å²) in [4.78, 5) is 4.49. The van der Waals surface area contributed by atoms with Crippen LogP contribution in [0.15, 0.2) is 42.6 Å². The van der Waals surface area contributed by atoms with Crippen LogP contribution in [-0.4, -0.2) is 14.8 Å². The number of benzene rings is 1. The molecule has 0 saturated carbocycles. The van der Waals surface area contributed by atoms with Gasteiger partial charge in [-0.05, 0) is 48.7 Å². The average Bonchev–Trinajstić information content (AvgIpc) is 2.78. The molecule has 0 radical (unpaired) electrons. The Bertz CT molecular complexity index is 729. The lowest BCUT2D eigenvalue weighted by Crippen LogP contribution is -1.99. The van der Waals surface area contributed by atoms with Gasteiger partial charge in [0.05, 0.1) is 16.9 Å². The van der Waals surface area contributed by atoms with Crippen LogP contribution in [0.4, 0.5) is 0 Å². The third kappa shape index (κ3) is 2.41. The summed E-state index contributed by atoms with van der Waals surface area (Å²) < 4.78 is 1.94. The van der Waals surface area contributed by atoms with Crippen molar-refractivity contribution in [1.29, 1.82) is 0 Å². The summed E-state index contributed by atoms with van der Waals surface area (Å²) in [6.07, 6.45) is 2.74. The minimum atomic E-state index is 0.550. The van der Waals surface area contributed by atoms with Gasteiger partial charge in [-0.25, -0.2) is 4.68 Å². The van der Waals surface area contributed by atoms with Crippen molar-refractivity contribution >= 4 is 22.6 Å². The molecule has 2 aromatic heterocycles. The third-order valence-electron chi connectivity index (χ3n) is 3.18. The number of fused-ring (bicyclic) bond motifs is 1. The second kappa shape index (κ2) is 5.25. The van der Waals surface area contributed by atoms with Gasteiger partial charge in [-0.1, -0.05) is 25.4 Å². The fourth-order valence-corrected chi connectivity index (χ4v) is 2.44. The van der Waals surface area contributed by atoms with Crippen LogP contribution in [-0.2, 0) is 6.42 Å². The van der Waals surface area contributed by atoms with Gasteiger partial charge in [-0.3, -0.25) is 4.98 Å². The van der Waals surface area contributed by atoms with E-state index in [4.69, 9.17) is 16.7 Å². The van der Waals surface area contributed by atoms with Gasteiger partial charge in [0.2, 0.25) is 0 Å². The fraction of sp³-hybridized carbons (Fsp3) is 0.250. The monoisotopic (exact) mass is 285 g/mol. The molecule has 3 nitrogen and oxygen atoms in total. The van der Waals surface area contributed by atoms with Gasteiger partial charge in [0, 0.05) is 11.2 Å². The molecular formula is C16H16ClN3. The zero-order valence-corrected chi connectivity index (χ0v) is 12.3. The molecule has 4 heteroatoms. The Labute approximate surface area is 123 Å². The Balaban J connectivity index is 2.18. The number of nitrogens with zero attached hydrogens (tertiary/aromatic N) is 3. The average molecular weight is 286 g/mol. The van der Waals surface area contributed by atoms with Gasteiger partial charge >= 0.3 is 0 Å². The van der Waals surface area contributed by atoms with Gasteiger partial charge < -0.3 is 0 Å². The van der Waals surface area contributed by atoms with Gasteiger partial charge in [-0.2, -0.15) is 5.10 Å². The van der Waals surface area contributed by atoms with Gasteiger partial charge in [0.1, 0.15) is 5.52 Å². The second-order valence-corrected chi connectivity index (χ2v) is 5.74. The van der Waals surface area contributed by atoms with Gasteiger partial charge in [-0.15, -0.1) is 0 Å². The number of hydrogen-bond acceptors (Lipinski definition) is 2. The number of rotatable bonds is 3. The smallest absolute Gasteiger partial charge is 0.112 e. The highest BCUT2D eigenvalue weighted by Gasteiger charge is 2.13. The SMILES string of the molecule is CC(C)Cc1nn(-c2ccc(Cl)cc2)c2cccnc12. The van der Waals surface area contributed by atoms with E-state index in [9.17, 15) is 0 Å². The van der Waals surface area contributed by atoms with Gasteiger partial charge in [0.25, 0.3) is 0 Å². The first-order valence-electron chi connectivity index (χ1n) is 6.73. The number of halogens is 1. The van der Waals surface area contributed by atoms with E-state index < -0.39 is 0 Å². The maximum Gasteiger partial charge on any atom is 0.112 e. The molecule has 0 bridgehead atoms. The van der Waals surface area contributed by atoms with E-state index in [2.05, 4.69) is 18.8 Å². The lowest BCUT2D eigenvalue weighted by molar-refractivity contribution is 0.630. The van der Waals surface area contributed by atoms with E-state index in [1.165, 1.54) is 0 Å².